The highest BCUT2D eigenvalue weighted by molar-refractivity contribution is 6.30. The third-order valence-electron chi connectivity index (χ3n) is 5.09. The van der Waals surface area contributed by atoms with Crippen LogP contribution in [0.2, 0.25) is 5.02 Å². The van der Waals surface area contributed by atoms with E-state index in [2.05, 4.69) is 15.2 Å². The molecule has 1 N–H and O–H groups in total. The molecule has 0 aliphatic carbocycles. The zero-order chi connectivity index (χ0) is 21.1. The van der Waals surface area contributed by atoms with Gasteiger partial charge in [-0.2, -0.15) is 0 Å². The van der Waals surface area contributed by atoms with Gasteiger partial charge in [-0.1, -0.05) is 17.7 Å². The Balaban J connectivity index is 1.32. The average molecular weight is 429 g/mol. The molecular weight excluding hydrogens is 407 g/mol. The van der Waals surface area contributed by atoms with Crippen LogP contribution in [-0.4, -0.2) is 47.0 Å². The second kappa shape index (κ2) is 8.85. The van der Waals surface area contributed by atoms with E-state index >= 15 is 0 Å². The van der Waals surface area contributed by atoms with Crippen molar-refractivity contribution in [2.45, 2.75) is 13.5 Å². The van der Waals surface area contributed by atoms with Gasteiger partial charge in [0.1, 0.15) is 11.6 Å². The van der Waals surface area contributed by atoms with Crippen molar-refractivity contribution in [2.75, 3.05) is 31.5 Å². The second-order valence-electron chi connectivity index (χ2n) is 7.23. The predicted octanol–water partition coefficient (Wildman–Crippen LogP) is 4.79. The number of piperazine rings is 1. The third-order valence-corrected chi connectivity index (χ3v) is 5.33. The number of anilines is 1. The van der Waals surface area contributed by atoms with Crippen LogP contribution in [0.25, 0.3) is 11.5 Å². The molecule has 6 nitrogen and oxygen atoms in total. The van der Waals surface area contributed by atoms with Crippen LogP contribution in [0.1, 0.15) is 11.5 Å². The van der Waals surface area contributed by atoms with Gasteiger partial charge in [0, 0.05) is 49.0 Å². The third kappa shape index (κ3) is 4.80. The molecule has 0 unspecified atom stereocenters. The highest BCUT2D eigenvalue weighted by Crippen LogP contribution is 2.25. The van der Waals surface area contributed by atoms with Gasteiger partial charge < -0.3 is 14.6 Å². The maximum atomic E-state index is 13.0. The van der Waals surface area contributed by atoms with E-state index < -0.39 is 0 Å². The van der Waals surface area contributed by atoms with Crippen molar-refractivity contribution in [1.29, 1.82) is 0 Å². The molecule has 0 bridgehead atoms. The molecule has 2 amide bonds. The van der Waals surface area contributed by atoms with Crippen molar-refractivity contribution in [3.8, 4) is 11.5 Å². The number of rotatable bonds is 4. The average Bonchev–Trinajstić information content (AvgIpc) is 3.10. The molecule has 0 spiro atoms. The number of carbonyl (C=O) groups is 1. The minimum atomic E-state index is -0.330. The fourth-order valence-corrected chi connectivity index (χ4v) is 3.57. The van der Waals surface area contributed by atoms with Gasteiger partial charge in [-0.3, -0.25) is 4.90 Å². The second-order valence-corrected chi connectivity index (χ2v) is 7.67. The summed E-state index contributed by atoms with van der Waals surface area (Å²) in [5, 5.41) is 3.44. The molecule has 3 aromatic rings. The Morgan fingerprint density at radius 3 is 2.60 bits per heavy atom. The number of amides is 2. The van der Waals surface area contributed by atoms with Crippen molar-refractivity contribution in [3.63, 3.8) is 0 Å². The Labute approximate surface area is 179 Å². The molecule has 1 aliphatic heterocycles. The Bertz CT molecular complexity index is 1030. The van der Waals surface area contributed by atoms with Crippen molar-refractivity contribution < 1.29 is 13.6 Å². The smallest absolute Gasteiger partial charge is 0.321 e. The van der Waals surface area contributed by atoms with Gasteiger partial charge >= 0.3 is 6.03 Å². The molecule has 1 aliphatic rings. The Morgan fingerprint density at radius 2 is 1.90 bits per heavy atom. The van der Waals surface area contributed by atoms with E-state index in [1.807, 2.05) is 31.2 Å². The van der Waals surface area contributed by atoms with Gasteiger partial charge in [-0.05, 0) is 49.4 Å². The monoisotopic (exact) mass is 428 g/mol. The van der Waals surface area contributed by atoms with E-state index in [0.29, 0.717) is 36.2 Å². The van der Waals surface area contributed by atoms with Gasteiger partial charge in [-0.25, -0.2) is 14.2 Å². The molecule has 1 aromatic heterocycles. The number of nitrogens with zero attached hydrogens (tertiary/aromatic N) is 3. The number of carbonyl (C=O) groups excluding carboxylic acids is 1. The number of halogens is 2. The van der Waals surface area contributed by atoms with Crippen LogP contribution in [0.4, 0.5) is 14.9 Å². The van der Waals surface area contributed by atoms with Crippen LogP contribution in [0.5, 0.6) is 0 Å². The molecule has 4 rings (SSSR count). The molecule has 2 heterocycles. The van der Waals surface area contributed by atoms with E-state index in [0.717, 1.165) is 30.1 Å². The van der Waals surface area contributed by atoms with Crippen LogP contribution in [0.3, 0.4) is 0 Å². The molecule has 0 saturated carbocycles. The topological polar surface area (TPSA) is 61.6 Å². The van der Waals surface area contributed by atoms with Gasteiger partial charge in [0.25, 0.3) is 0 Å². The van der Waals surface area contributed by atoms with Crippen LogP contribution >= 0.6 is 11.6 Å². The van der Waals surface area contributed by atoms with E-state index in [9.17, 15) is 9.18 Å². The first-order valence-electron chi connectivity index (χ1n) is 9.74. The van der Waals surface area contributed by atoms with Crippen molar-refractivity contribution in [2.24, 2.45) is 0 Å². The lowest BCUT2D eigenvalue weighted by atomic mass is 10.2. The highest BCUT2D eigenvalue weighted by Gasteiger charge is 2.23. The zero-order valence-electron chi connectivity index (χ0n) is 16.6. The number of urea groups is 1. The van der Waals surface area contributed by atoms with Gasteiger partial charge in [-0.15, -0.1) is 0 Å². The van der Waals surface area contributed by atoms with E-state index in [1.54, 1.807) is 17.0 Å². The SMILES string of the molecule is Cc1oc(-c2cccc(Cl)c2)nc1CN1CCN(C(=O)Nc2ccc(F)cc2)CC1. The predicted molar refractivity (Wildman–Crippen MR) is 114 cm³/mol. The van der Waals surface area contributed by atoms with E-state index in [-0.39, 0.29) is 11.8 Å². The maximum absolute atomic E-state index is 13.0. The van der Waals surface area contributed by atoms with Crippen molar-refractivity contribution >= 4 is 23.3 Å². The lowest BCUT2D eigenvalue weighted by Gasteiger charge is -2.34. The lowest BCUT2D eigenvalue weighted by molar-refractivity contribution is 0.141. The highest BCUT2D eigenvalue weighted by atomic mass is 35.5. The normalized spacial score (nSPS) is 14.7. The minimum Gasteiger partial charge on any atom is -0.441 e. The summed E-state index contributed by atoms with van der Waals surface area (Å²) in [6, 6.07) is 13.0. The number of oxazole rings is 1. The summed E-state index contributed by atoms with van der Waals surface area (Å²) in [5.74, 6) is 1.01. The van der Waals surface area contributed by atoms with Crippen molar-refractivity contribution in [1.82, 2.24) is 14.8 Å². The van der Waals surface area contributed by atoms with Crippen molar-refractivity contribution in [3.05, 3.63) is 70.8 Å². The van der Waals surface area contributed by atoms with Crippen LogP contribution in [-0.2, 0) is 6.54 Å². The molecule has 1 saturated heterocycles. The first kappa shape index (κ1) is 20.4. The summed E-state index contributed by atoms with van der Waals surface area (Å²) < 4.78 is 18.8. The molecule has 156 valence electrons. The first-order valence-corrected chi connectivity index (χ1v) is 10.1. The molecule has 8 heteroatoms. The summed E-state index contributed by atoms with van der Waals surface area (Å²) >= 11 is 6.06. The molecule has 0 atom stereocenters. The van der Waals surface area contributed by atoms with E-state index in [1.165, 1.54) is 12.1 Å². The minimum absolute atomic E-state index is 0.179. The Hall–Kier alpha value is -2.90. The number of benzene rings is 2. The summed E-state index contributed by atoms with van der Waals surface area (Å²) in [7, 11) is 0. The number of hydrogen-bond donors (Lipinski definition) is 1. The Morgan fingerprint density at radius 1 is 1.17 bits per heavy atom. The molecule has 30 heavy (non-hydrogen) atoms. The first-order chi connectivity index (χ1) is 14.5. The molecular formula is C22H22ClFN4O2. The Kier molecular flexibility index (Phi) is 6.01. The fraction of sp³-hybridized carbons (Fsp3) is 0.273. The summed E-state index contributed by atoms with van der Waals surface area (Å²) in [5.41, 5.74) is 2.31. The molecule has 2 aromatic carbocycles. The summed E-state index contributed by atoms with van der Waals surface area (Å²) in [4.78, 5) is 21.1. The van der Waals surface area contributed by atoms with Gasteiger partial charge in [0.15, 0.2) is 0 Å². The fourth-order valence-electron chi connectivity index (χ4n) is 3.38. The van der Waals surface area contributed by atoms with Crippen LogP contribution in [0.15, 0.2) is 52.9 Å². The molecule has 0 radical (unpaired) electrons. The number of nitrogens with one attached hydrogen (secondary N) is 1. The molecule has 1 fully saturated rings. The van der Waals surface area contributed by atoms with Crippen LogP contribution < -0.4 is 5.32 Å². The summed E-state index contributed by atoms with van der Waals surface area (Å²) in [6.45, 7) is 5.23. The lowest BCUT2D eigenvalue weighted by Crippen LogP contribution is -2.49. The largest absolute Gasteiger partial charge is 0.441 e. The summed E-state index contributed by atoms with van der Waals surface area (Å²) in [6.07, 6.45) is 0. The zero-order valence-corrected chi connectivity index (χ0v) is 17.3. The van der Waals surface area contributed by atoms with Gasteiger partial charge in [0.05, 0.1) is 5.69 Å². The van der Waals surface area contributed by atoms with Gasteiger partial charge in [0.2, 0.25) is 5.89 Å². The number of hydrogen-bond acceptors (Lipinski definition) is 4. The maximum Gasteiger partial charge on any atom is 0.321 e. The quantitative estimate of drug-likeness (QED) is 0.648. The standard InChI is InChI=1S/C22H22ClFN4O2/c1-15-20(26-21(30-15)16-3-2-4-17(23)13-16)14-27-9-11-28(12-10-27)22(29)25-19-7-5-18(24)6-8-19/h2-8,13H,9-12,14H2,1H3,(H,25,29). The number of aryl methyl sites for hydroxylation is 1. The van der Waals surface area contributed by atoms with E-state index in [4.69, 9.17) is 16.0 Å². The van der Waals surface area contributed by atoms with Crippen LogP contribution in [0, 0.1) is 12.7 Å². The number of aromatic nitrogens is 1.